The summed E-state index contributed by atoms with van der Waals surface area (Å²) in [5.74, 6) is -1.06. The molecule has 2 nitrogen and oxygen atoms in total. The molecular weight excluding hydrogens is 286 g/mol. The van der Waals surface area contributed by atoms with Crippen LogP contribution >= 0.6 is 0 Å². The summed E-state index contributed by atoms with van der Waals surface area (Å²) in [7, 11) is 0. The molecule has 0 bridgehead atoms. The van der Waals surface area contributed by atoms with E-state index in [9.17, 15) is 8.78 Å². The third kappa shape index (κ3) is 2.72. The number of benzene rings is 3. The topological polar surface area (TPSA) is 18.5 Å². The first-order valence-electron chi connectivity index (χ1n) is 6.96. The molecule has 4 heteroatoms. The summed E-state index contributed by atoms with van der Waals surface area (Å²) in [5.41, 5.74) is 0. The van der Waals surface area contributed by atoms with Crippen LogP contribution in [0.2, 0.25) is 0 Å². The van der Waals surface area contributed by atoms with E-state index in [4.69, 9.17) is 9.47 Å². The molecule has 0 saturated heterocycles. The maximum absolute atomic E-state index is 13.8. The van der Waals surface area contributed by atoms with E-state index in [1.165, 1.54) is 12.1 Å². The molecule has 0 amide bonds. The van der Waals surface area contributed by atoms with Crippen LogP contribution in [0.15, 0.2) is 54.6 Å². The van der Waals surface area contributed by atoms with Crippen LogP contribution in [0.1, 0.15) is 6.92 Å². The number of ether oxygens (including phenoxy) is 2. The Morgan fingerprint density at radius 2 is 1.73 bits per heavy atom. The van der Waals surface area contributed by atoms with Crippen LogP contribution in [0.5, 0.6) is 17.2 Å². The molecule has 0 atom stereocenters. The Morgan fingerprint density at radius 1 is 0.909 bits per heavy atom. The predicted molar refractivity (Wildman–Crippen MR) is 81.5 cm³/mol. The number of fused-ring (bicyclic) bond motifs is 1. The molecule has 0 fully saturated rings. The van der Waals surface area contributed by atoms with E-state index >= 15 is 0 Å². The Balaban J connectivity index is 2.10. The summed E-state index contributed by atoms with van der Waals surface area (Å²) in [6.45, 7) is 2.38. The van der Waals surface area contributed by atoms with Gasteiger partial charge in [0.15, 0.2) is 11.6 Å². The van der Waals surface area contributed by atoms with Crippen molar-refractivity contribution in [2.45, 2.75) is 6.92 Å². The highest BCUT2D eigenvalue weighted by Crippen LogP contribution is 2.35. The van der Waals surface area contributed by atoms with E-state index in [0.29, 0.717) is 18.1 Å². The zero-order chi connectivity index (χ0) is 15.5. The van der Waals surface area contributed by atoms with Crippen molar-refractivity contribution in [1.82, 2.24) is 0 Å². The molecule has 0 aliphatic carbocycles. The van der Waals surface area contributed by atoms with Crippen LogP contribution in [0.3, 0.4) is 0 Å². The molecule has 0 aliphatic rings. The normalized spacial score (nSPS) is 10.7. The Kier molecular flexibility index (Phi) is 3.92. The first-order chi connectivity index (χ1) is 10.7. The second-order valence-corrected chi connectivity index (χ2v) is 4.73. The highest BCUT2D eigenvalue weighted by Gasteiger charge is 2.12. The fraction of sp³-hybridized carbons (Fsp3) is 0.111. The quantitative estimate of drug-likeness (QED) is 0.650. The van der Waals surface area contributed by atoms with Crippen LogP contribution < -0.4 is 9.47 Å². The fourth-order valence-corrected chi connectivity index (χ4v) is 2.26. The van der Waals surface area contributed by atoms with Crippen molar-refractivity contribution in [3.63, 3.8) is 0 Å². The molecular formula is C18H14F2O2. The molecule has 22 heavy (non-hydrogen) atoms. The molecule has 0 N–H and O–H groups in total. The highest BCUT2D eigenvalue weighted by molar-refractivity contribution is 5.90. The van der Waals surface area contributed by atoms with Crippen LogP contribution in [-0.2, 0) is 0 Å². The fourth-order valence-electron chi connectivity index (χ4n) is 2.26. The maximum Gasteiger partial charge on any atom is 0.201 e. The molecule has 0 saturated carbocycles. The molecule has 3 rings (SSSR count). The van der Waals surface area contributed by atoms with Crippen molar-refractivity contribution in [3.05, 3.63) is 66.2 Å². The lowest BCUT2D eigenvalue weighted by Gasteiger charge is -2.12. The monoisotopic (exact) mass is 300 g/mol. The third-order valence-corrected chi connectivity index (χ3v) is 3.24. The summed E-state index contributed by atoms with van der Waals surface area (Å²) in [5, 5.41) is 1.70. The second-order valence-electron chi connectivity index (χ2n) is 4.73. The summed E-state index contributed by atoms with van der Waals surface area (Å²) in [6.07, 6.45) is 0. The van der Waals surface area contributed by atoms with Crippen molar-refractivity contribution in [3.8, 4) is 17.2 Å². The van der Waals surface area contributed by atoms with Gasteiger partial charge < -0.3 is 9.47 Å². The number of rotatable bonds is 4. The van der Waals surface area contributed by atoms with Crippen LogP contribution in [0.4, 0.5) is 8.78 Å². The Hall–Kier alpha value is -2.62. The van der Waals surface area contributed by atoms with E-state index in [2.05, 4.69) is 0 Å². The molecule has 3 aromatic rings. The lowest BCUT2D eigenvalue weighted by Crippen LogP contribution is -1.95. The van der Waals surface area contributed by atoms with Gasteiger partial charge in [0, 0.05) is 11.5 Å². The van der Waals surface area contributed by atoms with Gasteiger partial charge in [-0.2, -0.15) is 4.39 Å². The predicted octanol–water partition coefficient (Wildman–Crippen LogP) is 5.31. The van der Waals surface area contributed by atoms with Gasteiger partial charge >= 0.3 is 0 Å². The minimum Gasteiger partial charge on any atom is -0.494 e. The van der Waals surface area contributed by atoms with Crippen molar-refractivity contribution < 1.29 is 18.3 Å². The van der Waals surface area contributed by atoms with Crippen molar-refractivity contribution in [2.75, 3.05) is 6.61 Å². The van der Waals surface area contributed by atoms with Gasteiger partial charge in [-0.1, -0.05) is 30.3 Å². The lowest BCUT2D eigenvalue weighted by atomic mass is 10.1. The van der Waals surface area contributed by atoms with E-state index in [1.807, 2.05) is 37.3 Å². The smallest absolute Gasteiger partial charge is 0.201 e. The average Bonchev–Trinajstić information content (AvgIpc) is 2.52. The minimum absolute atomic E-state index is 0.154. The van der Waals surface area contributed by atoms with E-state index in [-0.39, 0.29) is 5.75 Å². The molecule has 3 aromatic carbocycles. The van der Waals surface area contributed by atoms with Gasteiger partial charge in [-0.15, -0.1) is 0 Å². The Labute approximate surface area is 126 Å². The highest BCUT2D eigenvalue weighted by atomic mass is 19.2. The zero-order valence-electron chi connectivity index (χ0n) is 12.0. The van der Waals surface area contributed by atoms with Crippen molar-refractivity contribution >= 4 is 10.8 Å². The summed E-state index contributed by atoms with van der Waals surface area (Å²) < 4.78 is 38.2. The molecule has 0 heterocycles. The zero-order valence-corrected chi connectivity index (χ0v) is 12.0. The largest absolute Gasteiger partial charge is 0.494 e. The summed E-state index contributed by atoms with van der Waals surface area (Å²) >= 11 is 0. The van der Waals surface area contributed by atoms with Crippen LogP contribution in [-0.4, -0.2) is 6.61 Å². The first kappa shape index (κ1) is 14.3. The molecule has 0 spiro atoms. The number of halogens is 2. The summed E-state index contributed by atoms with van der Waals surface area (Å²) in [6, 6.07) is 14.9. The SMILES string of the molecule is CCOc1cc(Oc2cccc(F)c2F)c2ccccc2c1. The van der Waals surface area contributed by atoms with Crippen molar-refractivity contribution in [2.24, 2.45) is 0 Å². The van der Waals surface area contributed by atoms with Gasteiger partial charge in [0.25, 0.3) is 0 Å². The van der Waals surface area contributed by atoms with E-state index < -0.39 is 11.6 Å². The molecule has 0 radical (unpaired) electrons. The molecule has 112 valence electrons. The van der Waals surface area contributed by atoms with Gasteiger partial charge in [-0.25, -0.2) is 4.39 Å². The molecule has 0 aliphatic heterocycles. The van der Waals surface area contributed by atoms with Gasteiger partial charge in [0.05, 0.1) is 6.61 Å². The average molecular weight is 300 g/mol. The van der Waals surface area contributed by atoms with Gasteiger partial charge in [-0.05, 0) is 30.5 Å². The van der Waals surface area contributed by atoms with E-state index in [0.717, 1.165) is 16.8 Å². The van der Waals surface area contributed by atoms with E-state index in [1.54, 1.807) is 6.07 Å². The molecule has 0 aromatic heterocycles. The summed E-state index contributed by atoms with van der Waals surface area (Å²) in [4.78, 5) is 0. The Morgan fingerprint density at radius 3 is 2.55 bits per heavy atom. The van der Waals surface area contributed by atoms with Crippen molar-refractivity contribution in [1.29, 1.82) is 0 Å². The Bertz CT molecular complexity index is 815. The maximum atomic E-state index is 13.8. The van der Waals surface area contributed by atoms with Gasteiger partial charge in [0.1, 0.15) is 11.5 Å². The minimum atomic E-state index is -1.01. The first-order valence-corrected chi connectivity index (χ1v) is 6.96. The van der Waals surface area contributed by atoms with Gasteiger partial charge in [0.2, 0.25) is 5.82 Å². The third-order valence-electron chi connectivity index (χ3n) is 3.24. The van der Waals surface area contributed by atoms with Crippen LogP contribution in [0, 0.1) is 11.6 Å². The number of hydrogen-bond acceptors (Lipinski definition) is 2. The standard InChI is InChI=1S/C18H14F2O2/c1-2-21-13-10-12-6-3-4-7-14(12)17(11-13)22-16-9-5-8-15(19)18(16)20/h3-11H,2H2,1H3. The second kappa shape index (κ2) is 6.02. The number of hydrogen-bond donors (Lipinski definition) is 0. The molecule has 0 unspecified atom stereocenters. The van der Waals surface area contributed by atoms with Gasteiger partial charge in [-0.3, -0.25) is 0 Å². The van der Waals surface area contributed by atoms with Crippen LogP contribution in [0.25, 0.3) is 10.8 Å². The lowest BCUT2D eigenvalue weighted by molar-refractivity contribution is 0.338.